The second-order valence-corrected chi connectivity index (χ2v) is 19.9. The van der Waals surface area contributed by atoms with Crippen LogP contribution in [0.25, 0.3) is 0 Å². The number of hydrogen-bond acceptors (Lipinski definition) is 8. The summed E-state index contributed by atoms with van der Waals surface area (Å²) in [5.41, 5.74) is 3.44. The highest BCUT2D eigenvalue weighted by atomic mass is 32.3. The van der Waals surface area contributed by atoms with Crippen LogP contribution in [0.1, 0.15) is 33.4 Å². The van der Waals surface area contributed by atoms with Gasteiger partial charge >= 0.3 is 0 Å². The van der Waals surface area contributed by atoms with Gasteiger partial charge in [-0.05, 0) is 87.4 Å². The van der Waals surface area contributed by atoms with Crippen molar-refractivity contribution in [3.8, 4) is 0 Å². The normalized spacial score (nSPS) is 12.8. The molecule has 0 saturated carbocycles. The Balaban J connectivity index is 1.59. The molecule has 0 atom stereocenters. The number of sulfonamides is 4. The van der Waals surface area contributed by atoms with Gasteiger partial charge in [-0.25, -0.2) is 33.7 Å². The Morgan fingerprint density at radius 3 is 0.800 bits per heavy atom. The Labute approximate surface area is 294 Å². The molecule has 0 amide bonds. The lowest BCUT2D eigenvalue weighted by atomic mass is 10.1. The van der Waals surface area contributed by atoms with E-state index in [-0.39, 0.29) is 30.7 Å². The summed E-state index contributed by atoms with van der Waals surface area (Å²) >= 11 is 0. The third-order valence-electron chi connectivity index (χ3n) is 7.96. The van der Waals surface area contributed by atoms with Crippen molar-refractivity contribution in [3.05, 3.63) is 155 Å². The summed E-state index contributed by atoms with van der Waals surface area (Å²) < 4.78 is 113. The minimum absolute atomic E-state index is 0.175. The summed E-state index contributed by atoms with van der Waals surface area (Å²) in [6.07, 6.45) is 0. The van der Waals surface area contributed by atoms with E-state index in [0.29, 0.717) is 7.42 Å². The number of benzene rings is 5. The molecule has 0 radical (unpaired) electrons. The molecule has 0 heterocycles. The fourth-order valence-electron chi connectivity index (χ4n) is 5.03. The zero-order valence-corrected chi connectivity index (χ0v) is 31.0. The third-order valence-corrected chi connectivity index (χ3v) is 16.5. The lowest BCUT2D eigenvalue weighted by Crippen LogP contribution is -2.37. The molecule has 0 aliphatic rings. The first-order chi connectivity index (χ1) is 23.4. The van der Waals surface area contributed by atoms with Crippen LogP contribution in [0.15, 0.2) is 141 Å². The molecular formula is C36H36N2O8S4. The van der Waals surface area contributed by atoms with Crippen LogP contribution in [0.2, 0.25) is 0 Å². The van der Waals surface area contributed by atoms with Gasteiger partial charge in [0.1, 0.15) is 0 Å². The zero-order valence-electron chi connectivity index (χ0n) is 27.8. The minimum Gasteiger partial charge on any atom is -0.206 e. The summed E-state index contributed by atoms with van der Waals surface area (Å²) in [5.74, 6) is 0. The molecule has 14 heteroatoms. The predicted molar refractivity (Wildman–Crippen MR) is 191 cm³/mol. The molecule has 5 aromatic rings. The maximum atomic E-state index is 14.0. The third kappa shape index (κ3) is 7.75. The van der Waals surface area contributed by atoms with Crippen molar-refractivity contribution in [1.82, 2.24) is 7.42 Å². The first-order valence-corrected chi connectivity index (χ1v) is 21.1. The van der Waals surface area contributed by atoms with Crippen LogP contribution in [-0.2, 0) is 53.2 Å². The molecule has 0 bridgehead atoms. The van der Waals surface area contributed by atoms with Gasteiger partial charge < -0.3 is 0 Å². The van der Waals surface area contributed by atoms with Crippen molar-refractivity contribution in [3.63, 3.8) is 0 Å². The van der Waals surface area contributed by atoms with Crippen LogP contribution >= 0.6 is 0 Å². The smallest absolute Gasteiger partial charge is 0.206 e. The summed E-state index contributed by atoms with van der Waals surface area (Å²) in [5, 5.41) is 0. The van der Waals surface area contributed by atoms with E-state index in [2.05, 4.69) is 0 Å². The van der Waals surface area contributed by atoms with Crippen LogP contribution < -0.4 is 0 Å². The largest absolute Gasteiger partial charge is 0.256 e. The van der Waals surface area contributed by atoms with Crippen molar-refractivity contribution in [1.29, 1.82) is 0 Å². The van der Waals surface area contributed by atoms with Crippen LogP contribution in [0, 0.1) is 27.7 Å². The Morgan fingerprint density at radius 1 is 0.360 bits per heavy atom. The van der Waals surface area contributed by atoms with E-state index in [4.69, 9.17) is 0 Å². The van der Waals surface area contributed by atoms with E-state index < -0.39 is 53.2 Å². The lowest BCUT2D eigenvalue weighted by Gasteiger charge is -2.24. The fourth-order valence-corrected chi connectivity index (χ4v) is 12.3. The molecular weight excluding hydrogens is 717 g/mol. The van der Waals surface area contributed by atoms with Gasteiger partial charge in [-0.2, -0.15) is 0 Å². The van der Waals surface area contributed by atoms with E-state index in [9.17, 15) is 33.7 Å². The average molecular weight is 753 g/mol. The molecule has 5 aromatic carbocycles. The molecule has 5 rings (SSSR count). The van der Waals surface area contributed by atoms with Crippen molar-refractivity contribution in [2.75, 3.05) is 0 Å². The first-order valence-electron chi connectivity index (χ1n) is 15.3. The molecule has 0 saturated heterocycles. The van der Waals surface area contributed by atoms with E-state index in [1.165, 1.54) is 72.8 Å². The molecule has 0 fully saturated rings. The predicted octanol–water partition coefficient (Wildman–Crippen LogP) is 6.08. The molecule has 0 aromatic heterocycles. The van der Waals surface area contributed by atoms with Crippen molar-refractivity contribution in [2.24, 2.45) is 0 Å². The van der Waals surface area contributed by atoms with Crippen LogP contribution in [-0.4, -0.2) is 41.1 Å². The molecule has 0 N–H and O–H groups in total. The van der Waals surface area contributed by atoms with Gasteiger partial charge in [0.25, 0.3) is 40.1 Å². The minimum atomic E-state index is -4.65. The lowest BCUT2D eigenvalue weighted by molar-refractivity contribution is 0.493. The SMILES string of the molecule is Cc1ccc(S(=O)(=O)N(Cc2cccc(CN(S(=O)(=O)c3ccc(C)cc3)S(=O)(=O)c3ccc(C)cc3)c2)S(=O)(=O)c2ccc(C)cc2)cc1. The number of rotatable bonds is 12. The van der Waals surface area contributed by atoms with E-state index in [1.807, 2.05) is 0 Å². The van der Waals surface area contributed by atoms with Gasteiger partial charge in [-0.15, -0.1) is 0 Å². The maximum Gasteiger partial charge on any atom is 0.256 e. The summed E-state index contributed by atoms with van der Waals surface area (Å²) in [7, 11) is -18.6. The second-order valence-electron chi connectivity index (χ2n) is 12.0. The molecule has 0 aliphatic carbocycles. The summed E-state index contributed by atoms with van der Waals surface area (Å²) in [6, 6.07) is 28.9. The van der Waals surface area contributed by atoms with Crippen molar-refractivity contribution in [2.45, 2.75) is 60.4 Å². The highest BCUT2D eigenvalue weighted by Crippen LogP contribution is 2.30. The second kappa shape index (κ2) is 14.2. The van der Waals surface area contributed by atoms with Gasteiger partial charge in [0.15, 0.2) is 0 Å². The number of hydrogen-bond donors (Lipinski definition) is 0. The van der Waals surface area contributed by atoms with Gasteiger partial charge in [0.05, 0.1) is 32.7 Å². The Hall–Kier alpha value is -4.18. The number of aryl methyl sites for hydroxylation is 4. The molecule has 0 aliphatic heterocycles. The Morgan fingerprint density at radius 2 is 0.580 bits per heavy atom. The Bertz CT molecular complexity index is 2120. The zero-order chi connectivity index (χ0) is 36.5. The van der Waals surface area contributed by atoms with Crippen LogP contribution in [0.4, 0.5) is 0 Å². The van der Waals surface area contributed by atoms with E-state index >= 15 is 0 Å². The highest BCUT2D eigenvalue weighted by Gasteiger charge is 2.38. The highest BCUT2D eigenvalue weighted by molar-refractivity contribution is 8.04. The monoisotopic (exact) mass is 752 g/mol. The molecule has 50 heavy (non-hydrogen) atoms. The van der Waals surface area contributed by atoms with Gasteiger partial charge in [-0.3, -0.25) is 0 Å². The molecule has 10 nitrogen and oxygen atoms in total. The van der Waals surface area contributed by atoms with Crippen molar-refractivity contribution < 1.29 is 33.7 Å². The quantitative estimate of drug-likeness (QED) is 0.149. The maximum absolute atomic E-state index is 14.0. The van der Waals surface area contributed by atoms with E-state index in [1.54, 1.807) is 76.2 Å². The molecule has 262 valence electrons. The average Bonchev–Trinajstić information content (AvgIpc) is 3.07. The Kier molecular flexibility index (Phi) is 10.5. The van der Waals surface area contributed by atoms with Crippen LogP contribution in [0.5, 0.6) is 0 Å². The summed E-state index contributed by atoms with van der Waals surface area (Å²) in [6.45, 7) is 5.76. The topological polar surface area (TPSA) is 143 Å². The first kappa shape index (κ1) is 37.1. The van der Waals surface area contributed by atoms with Crippen molar-refractivity contribution >= 4 is 40.1 Å². The van der Waals surface area contributed by atoms with Crippen LogP contribution in [0.3, 0.4) is 0 Å². The van der Waals surface area contributed by atoms with Gasteiger partial charge in [0, 0.05) is 0 Å². The number of nitrogens with zero attached hydrogens (tertiary/aromatic N) is 2. The summed E-state index contributed by atoms with van der Waals surface area (Å²) in [4.78, 5) is -0.965. The van der Waals surface area contributed by atoms with E-state index in [0.717, 1.165) is 22.3 Å². The molecule has 0 spiro atoms. The standard InChI is InChI=1S/C36H36N2O8S4/c1-27-8-16-33(17-9-27)47(39,40)37(48(41,42)34-18-10-28(2)11-19-34)25-31-6-5-7-32(24-31)26-38(49(43,44)35-20-12-29(3)13-21-35)50(45,46)36-22-14-30(4)15-23-36/h5-24H,25-26H2,1-4H3. The van der Waals surface area contributed by atoms with Gasteiger partial charge in [-0.1, -0.05) is 102 Å². The van der Waals surface area contributed by atoms with Gasteiger partial charge in [0.2, 0.25) is 0 Å². The fraction of sp³-hybridized carbons (Fsp3) is 0.167. The molecule has 0 unspecified atom stereocenters.